The van der Waals surface area contributed by atoms with E-state index in [-0.39, 0.29) is 24.8 Å². The van der Waals surface area contributed by atoms with Gasteiger partial charge in [0.05, 0.1) is 37.3 Å². The summed E-state index contributed by atoms with van der Waals surface area (Å²) >= 11 is 0. The first kappa shape index (κ1) is 43.6. The Labute approximate surface area is 352 Å². The zero-order valence-electron chi connectivity index (χ0n) is 36.6. The van der Waals surface area contributed by atoms with Crippen molar-refractivity contribution >= 4 is 16.7 Å². The first-order chi connectivity index (χ1) is 28.5. The van der Waals surface area contributed by atoms with Gasteiger partial charge in [-0.3, -0.25) is 4.79 Å². The average Bonchev–Trinajstić information content (AvgIpc) is 3.52. The van der Waals surface area contributed by atoms with Gasteiger partial charge >= 0.3 is 5.97 Å². The molecule has 7 heteroatoms. The molecule has 0 radical (unpaired) electrons. The molecular weight excluding hydrogens is 737 g/mol. The third-order valence-corrected chi connectivity index (χ3v) is 11.9. The fourth-order valence-corrected chi connectivity index (χ4v) is 8.46. The van der Waals surface area contributed by atoms with E-state index < -0.39 is 10.8 Å². The Bertz CT molecular complexity index is 2150. The summed E-state index contributed by atoms with van der Waals surface area (Å²) in [5.74, 6) is 2.63. The number of esters is 1. The number of hydrogen-bond acceptors (Lipinski definition) is 7. The van der Waals surface area contributed by atoms with Crippen molar-refractivity contribution in [3.63, 3.8) is 0 Å². The number of carbonyl (C=O) groups excluding carboxylic acids is 1. The van der Waals surface area contributed by atoms with E-state index in [0.29, 0.717) is 30.5 Å². The fourth-order valence-electron chi connectivity index (χ4n) is 8.46. The second-order valence-corrected chi connectivity index (χ2v) is 17.0. The van der Waals surface area contributed by atoms with E-state index in [9.17, 15) is 4.79 Å². The zero-order chi connectivity index (χ0) is 42.0. The van der Waals surface area contributed by atoms with Crippen LogP contribution >= 0.6 is 0 Å². The van der Waals surface area contributed by atoms with E-state index in [0.717, 1.165) is 75.6 Å². The van der Waals surface area contributed by atoms with Gasteiger partial charge in [0.1, 0.15) is 31.3 Å². The van der Waals surface area contributed by atoms with Crippen LogP contribution in [0, 0.1) is 5.41 Å². The van der Waals surface area contributed by atoms with Crippen molar-refractivity contribution in [3.05, 3.63) is 119 Å². The second kappa shape index (κ2) is 19.4. The van der Waals surface area contributed by atoms with Gasteiger partial charge in [0.25, 0.3) is 0 Å². The highest BCUT2D eigenvalue weighted by Gasteiger charge is 2.47. The topological polar surface area (TPSA) is 72.5 Å². The maximum atomic E-state index is 12.8. The molecule has 314 valence electrons. The van der Waals surface area contributed by atoms with E-state index >= 15 is 0 Å². The molecule has 0 heterocycles. The molecular formula is C52H64O7. The van der Waals surface area contributed by atoms with Crippen molar-refractivity contribution in [3.8, 4) is 34.1 Å². The summed E-state index contributed by atoms with van der Waals surface area (Å²) in [6, 6.07) is 34.2. The van der Waals surface area contributed by atoms with Gasteiger partial charge in [-0.1, -0.05) is 101 Å². The molecule has 5 aromatic carbocycles. The molecule has 1 atom stereocenters. The van der Waals surface area contributed by atoms with Crippen LogP contribution in [0.1, 0.15) is 115 Å². The van der Waals surface area contributed by atoms with Crippen molar-refractivity contribution in [2.24, 2.45) is 5.41 Å². The highest BCUT2D eigenvalue weighted by molar-refractivity contribution is 5.96. The van der Waals surface area contributed by atoms with Crippen LogP contribution in [0.3, 0.4) is 0 Å². The minimum Gasteiger partial charge on any atom is -0.493 e. The highest BCUT2D eigenvalue weighted by Crippen LogP contribution is 2.59. The third kappa shape index (κ3) is 9.73. The first-order valence-electron chi connectivity index (χ1n) is 21.6. The van der Waals surface area contributed by atoms with E-state index in [1.54, 1.807) is 14.2 Å². The predicted molar refractivity (Wildman–Crippen MR) is 238 cm³/mol. The Kier molecular flexibility index (Phi) is 14.3. The van der Waals surface area contributed by atoms with Gasteiger partial charge in [0.15, 0.2) is 11.5 Å². The van der Waals surface area contributed by atoms with Crippen LogP contribution in [-0.2, 0) is 19.7 Å². The molecule has 1 aliphatic carbocycles. The van der Waals surface area contributed by atoms with E-state index in [4.69, 9.17) is 28.4 Å². The largest absolute Gasteiger partial charge is 0.493 e. The molecule has 0 saturated heterocycles. The lowest BCUT2D eigenvalue weighted by atomic mass is 9.67. The van der Waals surface area contributed by atoms with Crippen LogP contribution in [0.4, 0.5) is 0 Å². The quantitative estimate of drug-likeness (QED) is 0.0500. The average molecular weight is 801 g/mol. The number of unbranched alkanes of at least 4 members (excludes halogenated alkanes) is 4. The summed E-state index contributed by atoms with van der Waals surface area (Å²) in [4.78, 5) is 12.8. The normalized spacial score (nSPS) is 14.8. The summed E-state index contributed by atoms with van der Waals surface area (Å²) in [6.45, 7) is 14.0. The monoisotopic (exact) mass is 800 g/mol. The Hall–Kier alpha value is -5.01. The Morgan fingerprint density at radius 1 is 0.576 bits per heavy atom. The number of ether oxygens (including phenoxy) is 6. The fraction of sp³-hybridized carbons (Fsp3) is 0.442. The van der Waals surface area contributed by atoms with E-state index in [2.05, 4.69) is 113 Å². The van der Waals surface area contributed by atoms with Crippen LogP contribution in [0.15, 0.2) is 97.1 Å². The van der Waals surface area contributed by atoms with Crippen LogP contribution in [0.25, 0.3) is 21.9 Å². The maximum absolute atomic E-state index is 12.8. The molecule has 0 bridgehead atoms. The Morgan fingerprint density at radius 3 is 1.71 bits per heavy atom. The molecule has 1 unspecified atom stereocenters. The predicted octanol–water partition coefficient (Wildman–Crippen LogP) is 12.5. The molecule has 0 spiro atoms. The van der Waals surface area contributed by atoms with Gasteiger partial charge in [0.2, 0.25) is 0 Å². The van der Waals surface area contributed by atoms with Gasteiger partial charge in [-0.25, -0.2) is 0 Å². The standard InChI is InChI=1S/C52H64O7/c1-9-11-13-16-28-51(5,6)59-32-31-57-42-25-21-40(22-26-42)52(39-19-23-41(24-20-39)56-29-30-58-49(53)50(3,4)27-12-10-2)45-34-38-18-15-14-17-37(38)33-43(45)44-35-47(54-7)48(55-8)36-46(44)52/h14-15,17-26,33-36H,9-13,16,27-32H2,1-8H3. The summed E-state index contributed by atoms with van der Waals surface area (Å²) in [6.07, 6.45) is 8.79. The van der Waals surface area contributed by atoms with Crippen LogP contribution in [0.5, 0.6) is 23.0 Å². The molecule has 6 rings (SSSR count). The number of fused-ring (bicyclic) bond motifs is 4. The van der Waals surface area contributed by atoms with Gasteiger partial charge in [-0.2, -0.15) is 0 Å². The van der Waals surface area contributed by atoms with Crippen LogP contribution < -0.4 is 18.9 Å². The number of benzene rings is 5. The minimum atomic E-state index is -0.726. The van der Waals surface area contributed by atoms with Crippen LogP contribution in [0.2, 0.25) is 0 Å². The lowest BCUT2D eigenvalue weighted by molar-refractivity contribution is -0.155. The van der Waals surface area contributed by atoms with Crippen molar-refractivity contribution < 1.29 is 33.2 Å². The van der Waals surface area contributed by atoms with E-state index in [1.165, 1.54) is 25.7 Å². The second-order valence-electron chi connectivity index (χ2n) is 17.0. The Morgan fingerprint density at radius 2 is 1.12 bits per heavy atom. The first-order valence-corrected chi connectivity index (χ1v) is 21.6. The SMILES string of the molecule is CCCCCCC(C)(C)OCCOc1ccc(C2(c3ccc(OCCOC(=O)C(C)(C)CCCC)cc3)c3cc(OC)c(OC)cc3-c3cc4ccccc4cc32)cc1. The number of rotatable bonds is 22. The van der Waals surface area contributed by atoms with Gasteiger partial charge in [-0.15, -0.1) is 0 Å². The molecule has 0 N–H and O–H groups in total. The summed E-state index contributed by atoms with van der Waals surface area (Å²) in [5, 5.41) is 2.32. The van der Waals surface area contributed by atoms with Crippen molar-refractivity contribution in [1.29, 1.82) is 0 Å². The number of hydrogen-bond donors (Lipinski definition) is 0. The van der Waals surface area contributed by atoms with Gasteiger partial charge < -0.3 is 28.4 Å². The Balaban J connectivity index is 1.33. The zero-order valence-corrected chi connectivity index (χ0v) is 36.6. The third-order valence-electron chi connectivity index (χ3n) is 11.9. The molecule has 0 saturated carbocycles. The van der Waals surface area contributed by atoms with Crippen molar-refractivity contribution in [1.82, 2.24) is 0 Å². The number of methoxy groups -OCH3 is 2. The lowest BCUT2D eigenvalue weighted by Gasteiger charge is -2.34. The maximum Gasteiger partial charge on any atom is 0.311 e. The van der Waals surface area contributed by atoms with E-state index in [1.807, 2.05) is 26.0 Å². The molecule has 59 heavy (non-hydrogen) atoms. The minimum absolute atomic E-state index is 0.178. The van der Waals surface area contributed by atoms with Crippen LogP contribution in [-0.4, -0.2) is 52.2 Å². The smallest absolute Gasteiger partial charge is 0.311 e. The lowest BCUT2D eigenvalue weighted by Crippen LogP contribution is -2.29. The molecule has 0 amide bonds. The molecule has 0 aromatic heterocycles. The molecule has 1 aliphatic rings. The van der Waals surface area contributed by atoms with Crippen molar-refractivity contribution in [2.75, 3.05) is 40.6 Å². The summed E-state index contributed by atoms with van der Waals surface area (Å²) in [7, 11) is 3.36. The van der Waals surface area contributed by atoms with Gasteiger partial charge in [-0.05, 0) is 133 Å². The summed E-state index contributed by atoms with van der Waals surface area (Å²) < 4.78 is 36.1. The van der Waals surface area contributed by atoms with Crippen molar-refractivity contribution in [2.45, 2.75) is 104 Å². The number of carbonyl (C=O) groups is 1. The molecule has 0 fully saturated rings. The molecule has 5 aromatic rings. The van der Waals surface area contributed by atoms with Gasteiger partial charge in [0, 0.05) is 0 Å². The highest BCUT2D eigenvalue weighted by atomic mass is 16.6. The summed E-state index contributed by atoms with van der Waals surface area (Å²) in [5.41, 5.74) is 5.22. The molecule has 0 aliphatic heterocycles. The molecule has 7 nitrogen and oxygen atoms in total.